The number of hydrogen-bond acceptors (Lipinski definition) is 6. The number of nitrogens with zero attached hydrogens (tertiary/aromatic N) is 1. The van der Waals surface area contributed by atoms with Crippen molar-refractivity contribution in [3.63, 3.8) is 0 Å². The molecule has 1 aliphatic heterocycles. The molecular formula is C27H22ClF2NO6. The Bertz CT molecular complexity index is 1420. The first-order valence-corrected chi connectivity index (χ1v) is 11.5. The quantitative estimate of drug-likeness (QED) is 0.241. The lowest BCUT2D eigenvalue weighted by Gasteiger charge is -2.26. The highest BCUT2D eigenvalue weighted by Gasteiger charge is 2.48. The molecule has 0 saturated carbocycles. The van der Waals surface area contributed by atoms with Crippen LogP contribution in [0.15, 0.2) is 60.2 Å². The number of carbonyl (C=O) groups is 2. The monoisotopic (exact) mass is 529 g/mol. The van der Waals surface area contributed by atoms with Crippen LogP contribution >= 0.6 is 11.6 Å². The molecule has 1 fully saturated rings. The van der Waals surface area contributed by atoms with Gasteiger partial charge in [0.25, 0.3) is 11.7 Å². The lowest BCUT2D eigenvalue weighted by molar-refractivity contribution is -0.132. The topological polar surface area (TPSA) is 85.3 Å². The molecule has 1 amide bonds. The molecular weight excluding hydrogens is 508 g/mol. The van der Waals surface area contributed by atoms with Crippen LogP contribution in [0.3, 0.4) is 0 Å². The molecule has 1 N–H and O–H groups in total. The highest BCUT2D eigenvalue weighted by atomic mass is 35.5. The minimum Gasteiger partial charge on any atom is -0.507 e. The number of rotatable bonds is 7. The number of benzene rings is 3. The zero-order valence-electron chi connectivity index (χ0n) is 20.1. The second kappa shape index (κ2) is 10.5. The third kappa shape index (κ3) is 4.70. The molecule has 0 radical (unpaired) electrons. The number of methoxy groups -OCH3 is 2. The van der Waals surface area contributed by atoms with Gasteiger partial charge in [0.2, 0.25) is 0 Å². The van der Waals surface area contributed by atoms with E-state index in [9.17, 15) is 23.5 Å². The Morgan fingerprint density at radius 2 is 1.70 bits per heavy atom. The SMILES string of the molecule is CCOc1cc(C2/C(=C(\O)c3ccc(Cl)c(OC)c3)C(=O)C(=O)N2c2cc(F)ccc2F)ccc1OC. The average molecular weight is 530 g/mol. The molecule has 7 nitrogen and oxygen atoms in total. The van der Waals surface area contributed by atoms with Gasteiger partial charge in [0.05, 0.1) is 43.2 Å². The fourth-order valence-corrected chi connectivity index (χ4v) is 4.36. The smallest absolute Gasteiger partial charge is 0.300 e. The van der Waals surface area contributed by atoms with Crippen LogP contribution in [0.5, 0.6) is 17.2 Å². The van der Waals surface area contributed by atoms with Crippen molar-refractivity contribution in [3.05, 3.63) is 88.0 Å². The van der Waals surface area contributed by atoms with Gasteiger partial charge in [0, 0.05) is 11.6 Å². The molecule has 0 bridgehead atoms. The number of carbonyl (C=O) groups excluding carboxylic acids is 2. The standard InChI is InChI=1S/C27H22ClF2NO6/c1-4-37-22-11-14(6-10-20(22)35-2)24-23(25(32)15-5-8-17(28)21(12-15)36-3)26(33)27(34)31(24)19-13-16(29)7-9-18(19)30/h5-13,24,32H,4H2,1-3H3/b25-23+. The molecule has 0 aromatic heterocycles. The minimum absolute atomic E-state index is 0.127. The molecule has 192 valence electrons. The number of ketones is 1. The van der Waals surface area contributed by atoms with Crippen LogP contribution < -0.4 is 19.1 Å². The van der Waals surface area contributed by atoms with Crippen LogP contribution in [-0.4, -0.2) is 37.6 Å². The van der Waals surface area contributed by atoms with Crippen LogP contribution in [-0.2, 0) is 9.59 Å². The minimum atomic E-state index is -1.33. The van der Waals surface area contributed by atoms with E-state index < -0.39 is 40.8 Å². The van der Waals surface area contributed by atoms with Gasteiger partial charge in [-0.2, -0.15) is 0 Å². The van der Waals surface area contributed by atoms with Gasteiger partial charge in [-0.3, -0.25) is 14.5 Å². The Kier molecular flexibility index (Phi) is 7.35. The van der Waals surface area contributed by atoms with E-state index in [-0.39, 0.29) is 34.1 Å². The van der Waals surface area contributed by atoms with Crippen LogP contribution in [0.2, 0.25) is 5.02 Å². The summed E-state index contributed by atoms with van der Waals surface area (Å²) in [5.41, 5.74) is -0.392. The Morgan fingerprint density at radius 1 is 0.973 bits per heavy atom. The lowest BCUT2D eigenvalue weighted by atomic mass is 9.94. The first-order chi connectivity index (χ1) is 17.7. The lowest BCUT2D eigenvalue weighted by Crippen LogP contribution is -2.30. The fraction of sp³-hybridized carbons (Fsp3) is 0.185. The van der Waals surface area contributed by atoms with Gasteiger partial charge in [-0.15, -0.1) is 0 Å². The predicted molar refractivity (Wildman–Crippen MR) is 133 cm³/mol. The molecule has 3 aromatic carbocycles. The zero-order valence-corrected chi connectivity index (χ0v) is 20.8. The molecule has 1 heterocycles. The molecule has 0 aliphatic carbocycles. The largest absolute Gasteiger partial charge is 0.507 e. The number of aliphatic hydroxyl groups is 1. The zero-order chi connectivity index (χ0) is 26.9. The molecule has 10 heteroatoms. The number of Topliss-reactive ketones (excluding diaryl/α,β-unsaturated/α-hetero) is 1. The second-order valence-electron chi connectivity index (χ2n) is 7.96. The number of anilines is 1. The maximum Gasteiger partial charge on any atom is 0.300 e. The maximum absolute atomic E-state index is 14.9. The Labute approximate surface area is 216 Å². The molecule has 1 aliphatic rings. The van der Waals surface area contributed by atoms with E-state index in [2.05, 4.69) is 0 Å². The van der Waals surface area contributed by atoms with Crippen molar-refractivity contribution in [1.29, 1.82) is 0 Å². The van der Waals surface area contributed by atoms with Crippen molar-refractivity contribution >= 4 is 34.7 Å². The van der Waals surface area contributed by atoms with E-state index in [1.807, 2.05) is 0 Å². The highest BCUT2D eigenvalue weighted by molar-refractivity contribution is 6.51. The Balaban J connectivity index is 2.00. The summed E-state index contributed by atoms with van der Waals surface area (Å²) in [6.07, 6.45) is 0. The van der Waals surface area contributed by atoms with Crippen LogP contribution in [0.1, 0.15) is 24.1 Å². The van der Waals surface area contributed by atoms with E-state index >= 15 is 0 Å². The van der Waals surface area contributed by atoms with Gasteiger partial charge < -0.3 is 19.3 Å². The summed E-state index contributed by atoms with van der Waals surface area (Å²) in [5, 5.41) is 11.5. The first kappa shape index (κ1) is 26.0. The third-order valence-electron chi connectivity index (χ3n) is 5.84. The Hall–Kier alpha value is -4.11. The summed E-state index contributed by atoms with van der Waals surface area (Å²) in [6, 6.07) is 10.1. The predicted octanol–water partition coefficient (Wildman–Crippen LogP) is 5.66. The number of ether oxygens (including phenoxy) is 3. The maximum atomic E-state index is 14.9. The highest BCUT2D eigenvalue weighted by Crippen LogP contribution is 2.45. The molecule has 1 atom stereocenters. The van der Waals surface area contributed by atoms with Gasteiger partial charge in [0.1, 0.15) is 23.1 Å². The second-order valence-corrected chi connectivity index (χ2v) is 8.36. The van der Waals surface area contributed by atoms with Crippen molar-refractivity contribution in [1.82, 2.24) is 0 Å². The van der Waals surface area contributed by atoms with E-state index in [0.29, 0.717) is 11.5 Å². The molecule has 1 saturated heterocycles. The number of aliphatic hydroxyl groups excluding tert-OH is 1. The van der Waals surface area contributed by atoms with Gasteiger partial charge in [-0.1, -0.05) is 17.7 Å². The molecule has 37 heavy (non-hydrogen) atoms. The summed E-state index contributed by atoms with van der Waals surface area (Å²) >= 11 is 6.09. The van der Waals surface area contributed by atoms with Crippen molar-refractivity contribution in [2.75, 3.05) is 25.7 Å². The van der Waals surface area contributed by atoms with Crippen LogP contribution in [0, 0.1) is 11.6 Å². The Morgan fingerprint density at radius 3 is 2.38 bits per heavy atom. The van der Waals surface area contributed by atoms with E-state index in [4.69, 9.17) is 25.8 Å². The molecule has 3 aromatic rings. The average Bonchev–Trinajstić information content (AvgIpc) is 3.15. The van der Waals surface area contributed by atoms with Gasteiger partial charge in [0.15, 0.2) is 11.5 Å². The van der Waals surface area contributed by atoms with Crippen molar-refractivity contribution < 1.29 is 37.7 Å². The van der Waals surface area contributed by atoms with E-state index in [0.717, 1.165) is 23.1 Å². The van der Waals surface area contributed by atoms with Crippen molar-refractivity contribution in [3.8, 4) is 17.2 Å². The summed E-state index contributed by atoms with van der Waals surface area (Å²) < 4.78 is 45.2. The fourth-order valence-electron chi connectivity index (χ4n) is 4.16. The molecule has 0 spiro atoms. The normalized spacial score (nSPS) is 16.7. The van der Waals surface area contributed by atoms with E-state index in [1.54, 1.807) is 13.0 Å². The van der Waals surface area contributed by atoms with Gasteiger partial charge in [-0.05, 0) is 55.0 Å². The summed E-state index contributed by atoms with van der Waals surface area (Å²) in [5.74, 6) is -3.64. The number of amides is 1. The van der Waals surface area contributed by atoms with Crippen LogP contribution in [0.25, 0.3) is 5.76 Å². The number of hydrogen-bond donors (Lipinski definition) is 1. The summed E-state index contributed by atoms with van der Waals surface area (Å²) in [6.45, 7) is 2.04. The van der Waals surface area contributed by atoms with Crippen molar-refractivity contribution in [2.24, 2.45) is 0 Å². The van der Waals surface area contributed by atoms with Gasteiger partial charge in [-0.25, -0.2) is 8.78 Å². The number of halogens is 3. The van der Waals surface area contributed by atoms with E-state index in [1.165, 1.54) is 44.6 Å². The summed E-state index contributed by atoms with van der Waals surface area (Å²) in [4.78, 5) is 27.4. The first-order valence-electron chi connectivity index (χ1n) is 11.1. The third-order valence-corrected chi connectivity index (χ3v) is 6.15. The van der Waals surface area contributed by atoms with Crippen LogP contribution in [0.4, 0.5) is 14.5 Å². The molecule has 4 rings (SSSR count). The van der Waals surface area contributed by atoms with Gasteiger partial charge >= 0.3 is 0 Å². The van der Waals surface area contributed by atoms with Crippen molar-refractivity contribution in [2.45, 2.75) is 13.0 Å². The molecule has 1 unspecified atom stereocenters. The summed E-state index contributed by atoms with van der Waals surface area (Å²) in [7, 11) is 2.82.